The van der Waals surface area contributed by atoms with Crippen molar-refractivity contribution in [3.8, 4) is 0 Å². The van der Waals surface area contributed by atoms with Crippen LogP contribution >= 0.6 is 0 Å². The standard InChI is InChI=1S/C28H41N3O/c1-2-10-28(9-1)11-7-24(8-12-28)26-21-25(30-17-19-32-20-18-30)5-6-27(26)31-15-13-29(14-16-31)22-23-3-4-23/h5-7,21,23H,1-4,8-20,22H2. The quantitative estimate of drug-likeness (QED) is 0.634. The van der Waals surface area contributed by atoms with Crippen LogP contribution in [0.4, 0.5) is 11.4 Å². The van der Waals surface area contributed by atoms with Crippen LogP contribution in [-0.4, -0.2) is 63.9 Å². The van der Waals surface area contributed by atoms with Crippen LogP contribution in [0.25, 0.3) is 5.57 Å². The molecule has 2 saturated heterocycles. The summed E-state index contributed by atoms with van der Waals surface area (Å²) in [4.78, 5) is 7.91. The highest BCUT2D eigenvalue weighted by atomic mass is 16.5. The molecule has 2 heterocycles. The second-order valence-electron chi connectivity index (χ2n) is 11.2. The average Bonchev–Trinajstić information content (AvgIpc) is 3.56. The van der Waals surface area contributed by atoms with Crippen molar-refractivity contribution in [2.75, 3.05) is 68.8 Å². The fourth-order valence-electron chi connectivity index (χ4n) is 6.68. The van der Waals surface area contributed by atoms with Crippen molar-refractivity contribution in [1.29, 1.82) is 0 Å². The summed E-state index contributed by atoms with van der Waals surface area (Å²) in [5.41, 5.74) is 6.66. The molecular formula is C28H41N3O. The van der Waals surface area contributed by atoms with E-state index in [2.05, 4.69) is 39.0 Å². The first kappa shape index (κ1) is 21.0. The van der Waals surface area contributed by atoms with Crippen molar-refractivity contribution in [2.24, 2.45) is 11.3 Å². The van der Waals surface area contributed by atoms with Gasteiger partial charge in [-0.2, -0.15) is 0 Å². The number of nitrogens with zero attached hydrogens (tertiary/aromatic N) is 3. The number of piperazine rings is 1. The van der Waals surface area contributed by atoms with Gasteiger partial charge in [0.1, 0.15) is 0 Å². The highest BCUT2D eigenvalue weighted by Crippen LogP contribution is 2.50. The third-order valence-electron chi connectivity index (χ3n) is 9.00. The maximum Gasteiger partial charge on any atom is 0.0642 e. The monoisotopic (exact) mass is 435 g/mol. The Morgan fingerprint density at radius 3 is 2.34 bits per heavy atom. The minimum Gasteiger partial charge on any atom is -0.378 e. The molecule has 1 spiro atoms. The number of allylic oxidation sites excluding steroid dienone is 2. The van der Waals surface area contributed by atoms with Gasteiger partial charge in [-0.05, 0) is 80.1 Å². The molecule has 0 bridgehead atoms. The maximum absolute atomic E-state index is 5.62. The van der Waals surface area contributed by atoms with E-state index in [0.717, 1.165) is 32.2 Å². The highest BCUT2D eigenvalue weighted by molar-refractivity contribution is 5.80. The van der Waals surface area contributed by atoms with Crippen LogP contribution in [0.1, 0.15) is 63.4 Å². The van der Waals surface area contributed by atoms with Gasteiger partial charge in [-0.3, -0.25) is 4.90 Å². The van der Waals surface area contributed by atoms with E-state index in [0.29, 0.717) is 5.41 Å². The van der Waals surface area contributed by atoms with Gasteiger partial charge in [0, 0.05) is 62.8 Å². The molecule has 2 saturated carbocycles. The third-order valence-corrected chi connectivity index (χ3v) is 9.00. The molecule has 0 radical (unpaired) electrons. The summed E-state index contributed by atoms with van der Waals surface area (Å²) in [6.07, 6.45) is 15.3. The second-order valence-corrected chi connectivity index (χ2v) is 11.2. The molecule has 4 heteroatoms. The Kier molecular flexibility index (Phi) is 5.93. The van der Waals surface area contributed by atoms with Crippen LogP contribution in [0.5, 0.6) is 0 Å². The molecule has 0 amide bonds. The van der Waals surface area contributed by atoms with Gasteiger partial charge in [0.15, 0.2) is 0 Å². The Morgan fingerprint density at radius 2 is 1.66 bits per heavy atom. The molecule has 0 atom stereocenters. The maximum atomic E-state index is 5.62. The third kappa shape index (κ3) is 4.46. The number of ether oxygens (including phenoxy) is 1. The summed E-state index contributed by atoms with van der Waals surface area (Å²) >= 11 is 0. The predicted octanol–water partition coefficient (Wildman–Crippen LogP) is 5.18. The molecule has 5 aliphatic rings. The van der Waals surface area contributed by atoms with Crippen molar-refractivity contribution in [2.45, 2.75) is 57.8 Å². The minimum absolute atomic E-state index is 0.639. The minimum atomic E-state index is 0.639. The van der Waals surface area contributed by atoms with Crippen molar-refractivity contribution in [3.63, 3.8) is 0 Å². The van der Waals surface area contributed by atoms with Gasteiger partial charge in [0.2, 0.25) is 0 Å². The first-order valence-electron chi connectivity index (χ1n) is 13.4. The largest absolute Gasteiger partial charge is 0.378 e. The van der Waals surface area contributed by atoms with Gasteiger partial charge in [-0.25, -0.2) is 0 Å². The zero-order valence-corrected chi connectivity index (χ0v) is 19.9. The number of hydrogen-bond acceptors (Lipinski definition) is 4. The van der Waals surface area contributed by atoms with Crippen LogP contribution in [0.2, 0.25) is 0 Å². The van der Waals surface area contributed by atoms with Crippen molar-refractivity contribution in [1.82, 2.24) is 4.90 Å². The van der Waals surface area contributed by atoms with Crippen LogP contribution in [0.15, 0.2) is 24.3 Å². The van der Waals surface area contributed by atoms with Crippen molar-refractivity contribution < 1.29 is 4.74 Å². The molecule has 0 aromatic heterocycles. The van der Waals surface area contributed by atoms with E-state index in [4.69, 9.17) is 4.74 Å². The van der Waals surface area contributed by atoms with Crippen LogP contribution < -0.4 is 9.80 Å². The zero-order chi connectivity index (χ0) is 21.4. The van der Waals surface area contributed by atoms with Gasteiger partial charge in [-0.15, -0.1) is 0 Å². The SMILES string of the molecule is C1=C(c2cc(N3CCOCC3)ccc2N2CCN(CC3CC3)CC2)CCC2(C1)CCCC2. The van der Waals surface area contributed by atoms with Gasteiger partial charge in [0.05, 0.1) is 13.2 Å². The molecular weight excluding hydrogens is 394 g/mol. The molecule has 0 N–H and O–H groups in total. The molecule has 4 fully saturated rings. The first-order valence-corrected chi connectivity index (χ1v) is 13.4. The number of hydrogen-bond donors (Lipinski definition) is 0. The van der Waals surface area contributed by atoms with E-state index >= 15 is 0 Å². The summed E-state index contributed by atoms with van der Waals surface area (Å²) in [7, 11) is 0. The highest BCUT2D eigenvalue weighted by Gasteiger charge is 2.35. The lowest BCUT2D eigenvalue weighted by Gasteiger charge is -2.39. The predicted molar refractivity (Wildman–Crippen MR) is 134 cm³/mol. The number of benzene rings is 1. The number of anilines is 2. The molecule has 4 nitrogen and oxygen atoms in total. The first-order chi connectivity index (χ1) is 15.8. The summed E-state index contributed by atoms with van der Waals surface area (Å²) < 4.78 is 5.62. The normalized spacial score (nSPS) is 26.6. The Morgan fingerprint density at radius 1 is 0.875 bits per heavy atom. The zero-order valence-electron chi connectivity index (χ0n) is 19.9. The summed E-state index contributed by atoms with van der Waals surface area (Å²) in [5.74, 6) is 1.00. The van der Waals surface area contributed by atoms with Gasteiger partial charge in [0.25, 0.3) is 0 Å². The topological polar surface area (TPSA) is 19.0 Å². The molecule has 0 unspecified atom stereocenters. The molecule has 1 aromatic rings. The van der Waals surface area contributed by atoms with Crippen molar-refractivity contribution >= 4 is 16.9 Å². The Bertz CT molecular complexity index is 825. The van der Waals surface area contributed by atoms with Crippen LogP contribution in [0.3, 0.4) is 0 Å². The fourth-order valence-corrected chi connectivity index (χ4v) is 6.68. The van der Waals surface area contributed by atoms with Gasteiger partial charge < -0.3 is 14.5 Å². The lowest BCUT2D eigenvalue weighted by molar-refractivity contribution is 0.122. The number of rotatable bonds is 5. The van der Waals surface area contributed by atoms with E-state index in [9.17, 15) is 0 Å². The lowest BCUT2D eigenvalue weighted by atomic mass is 9.72. The second kappa shape index (κ2) is 9.02. The van der Waals surface area contributed by atoms with E-state index in [-0.39, 0.29) is 0 Å². The van der Waals surface area contributed by atoms with Gasteiger partial charge in [-0.1, -0.05) is 18.9 Å². The molecule has 174 valence electrons. The smallest absolute Gasteiger partial charge is 0.0642 e. The summed E-state index contributed by atoms with van der Waals surface area (Å²) in [5, 5.41) is 0. The lowest BCUT2D eigenvalue weighted by Crippen LogP contribution is -2.47. The van der Waals surface area contributed by atoms with E-state index < -0.39 is 0 Å². The van der Waals surface area contributed by atoms with Crippen molar-refractivity contribution in [3.05, 3.63) is 29.8 Å². The van der Waals surface area contributed by atoms with Crippen LogP contribution in [0, 0.1) is 11.3 Å². The summed E-state index contributed by atoms with van der Waals surface area (Å²) in [6, 6.07) is 7.34. The van der Waals surface area contributed by atoms with Gasteiger partial charge >= 0.3 is 0 Å². The average molecular weight is 436 g/mol. The van der Waals surface area contributed by atoms with E-state index in [1.165, 1.54) is 107 Å². The molecule has 1 aromatic carbocycles. The van der Waals surface area contributed by atoms with E-state index in [1.807, 2.05) is 0 Å². The Hall–Kier alpha value is -1.52. The fraction of sp³-hybridized carbons (Fsp3) is 0.714. The molecule has 6 rings (SSSR count). The van der Waals surface area contributed by atoms with E-state index in [1.54, 1.807) is 5.57 Å². The molecule has 32 heavy (non-hydrogen) atoms. The van der Waals surface area contributed by atoms with Crippen LogP contribution in [-0.2, 0) is 4.74 Å². The Labute approximate surface area is 194 Å². The number of morpholine rings is 1. The molecule has 2 aliphatic heterocycles. The Balaban J connectivity index is 1.25. The molecule has 3 aliphatic carbocycles. The summed E-state index contributed by atoms with van der Waals surface area (Å²) in [6.45, 7) is 9.87.